The number of pyridine rings is 1. The normalized spacial score (nSPS) is 12.8. The highest BCUT2D eigenvalue weighted by atomic mass is 33.1. The van der Waals surface area contributed by atoms with Crippen LogP contribution in [0.4, 0.5) is 4.79 Å². The number of aromatic nitrogens is 1. The number of esters is 2. The van der Waals surface area contributed by atoms with E-state index in [2.05, 4.69) is 15.6 Å². The molecule has 0 aliphatic heterocycles. The Kier molecular flexibility index (Phi) is 12.3. The molecule has 0 bridgehead atoms. The van der Waals surface area contributed by atoms with Crippen molar-refractivity contribution in [3.63, 3.8) is 0 Å². The van der Waals surface area contributed by atoms with Gasteiger partial charge >= 0.3 is 18.0 Å². The van der Waals surface area contributed by atoms with Crippen molar-refractivity contribution in [1.29, 1.82) is 0 Å². The smallest absolute Gasteiger partial charge is 0.407 e. The Labute approximate surface area is 270 Å². The van der Waals surface area contributed by atoms with E-state index in [1.807, 2.05) is 66.7 Å². The molecule has 0 unspecified atom stereocenters. The van der Waals surface area contributed by atoms with Crippen LogP contribution in [-0.2, 0) is 28.6 Å². The number of ether oxygens (including phenoxy) is 3. The zero-order valence-electron chi connectivity index (χ0n) is 25.4. The van der Waals surface area contributed by atoms with Gasteiger partial charge in [-0.2, -0.15) is 0 Å². The van der Waals surface area contributed by atoms with Gasteiger partial charge in [0.05, 0.1) is 0 Å². The SMILES string of the molecule is CC(C)(C)OC(=O)[C@H](CCC(=O)NCC(=O)OCCSSc1ccccn1)NC(=O)OCC1c2ccccc2-c2ccccc21. The van der Waals surface area contributed by atoms with E-state index in [1.165, 1.54) is 21.6 Å². The molecule has 1 aromatic heterocycles. The lowest BCUT2D eigenvalue weighted by Crippen LogP contribution is -2.45. The number of fused-ring (bicyclic) bond motifs is 3. The molecular formula is C33H37N3O7S2. The molecule has 12 heteroatoms. The fraction of sp³-hybridized carbons (Fsp3) is 0.364. The van der Waals surface area contributed by atoms with Crippen LogP contribution in [0.15, 0.2) is 78.0 Å². The molecule has 1 heterocycles. The average Bonchev–Trinajstić information content (AvgIpc) is 3.34. The zero-order valence-corrected chi connectivity index (χ0v) is 27.1. The minimum Gasteiger partial charge on any atom is -0.463 e. The van der Waals surface area contributed by atoms with E-state index in [0.717, 1.165) is 27.3 Å². The summed E-state index contributed by atoms with van der Waals surface area (Å²) in [6, 6.07) is 20.4. The quantitative estimate of drug-likeness (QED) is 0.0995. The number of nitrogens with one attached hydrogen (secondary N) is 2. The van der Waals surface area contributed by atoms with Crippen molar-refractivity contribution in [2.75, 3.05) is 25.5 Å². The third-order valence-corrected chi connectivity index (χ3v) is 8.86. The second-order valence-corrected chi connectivity index (χ2v) is 13.6. The van der Waals surface area contributed by atoms with Gasteiger partial charge in [-0.05, 0) is 72.4 Å². The number of rotatable bonds is 14. The first-order valence-electron chi connectivity index (χ1n) is 14.6. The van der Waals surface area contributed by atoms with E-state index in [1.54, 1.807) is 27.0 Å². The highest BCUT2D eigenvalue weighted by molar-refractivity contribution is 8.76. The van der Waals surface area contributed by atoms with Gasteiger partial charge in [-0.1, -0.05) is 65.4 Å². The van der Waals surface area contributed by atoms with Gasteiger partial charge in [0.25, 0.3) is 0 Å². The molecule has 238 valence electrons. The molecule has 1 aliphatic rings. The minimum atomic E-state index is -1.13. The highest BCUT2D eigenvalue weighted by Crippen LogP contribution is 2.44. The molecule has 2 aromatic carbocycles. The van der Waals surface area contributed by atoms with Crippen LogP contribution in [0, 0.1) is 0 Å². The molecule has 1 atom stereocenters. The van der Waals surface area contributed by atoms with Crippen molar-refractivity contribution in [2.45, 2.75) is 56.2 Å². The molecule has 0 radical (unpaired) electrons. The standard InChI is InChI=1S/C33H37N3O7S2/c1-33(2,3)43-31(39)27(15-16-28(37)35-20-30(38)41-18-19-44-45-29-14-8-9-17-34-29)36-32(40)42-21-26-24-12-6-4-10-22(24)23-11-5-7-13-25(23)26/h4-14,17,26-27H,15-16,18-21H2,1-3H3,(H,35,37)(H,36,40)/t27-/m0/s1. The summed E-state index contributed by atoms with van der Waals surface area (Å²) >= 11 is 0. The summed E-state index contributed by atoms with van der Waals surface area (Å²) in [4.78, 5) is 54.5. The van der Waals surface area contributed by atoms with E-state index in [-0.39, 0.29) is 38.5 Å². The molecule has 3 aromatic rings. The monoisotopic (exact) mass is 651 g/mol. The molecular weight excluding hydrogens is 615 g/mol. The largest absolute Gasteiger partial charge is 0.463 e. The predicted molar refractivity (Wildman–Crippen MR) is 174 cm³/mol. The molecule has 0 saturated heterocycles. The number of benzene rings is 2. The lowest BCUT2D eigenvalue weighted by atomic mass is 9.98. The third kappa shape index (κ3) is 10.5. The first-order chi connectivity index (χ1) is 21.6. The second-order valence-electron chi connectivity index (χ2n) is 11.2. The van der Waals surface area contributed by atoms with Crippen LogP contribution in [-0.4, -0.2) is 66.1 Å². The first kappa shape index (κ1) is 33.9. The summed E-state index contributed by atoms with van der Waals surface area (Å²) in [7, 11) is 2.98. The van der Waals surface area contributed by atoms with Crippen molar-refractivity contribution < 1.29 is 33.4 Å². The summed E-state index contributed by atoms with van der Waals surface area (Å²) in [5.41, 5.74) is 3.52. The fourth-order valence-electron chi connectivity index (χ4n) is 4.68. The number of nitrogens with zero attached hydrogens (tertiary/aromatic N) is 1. The summed E-state index contributed by atoms with van der Waals surface area (Å²) < 4.78 is 16.2. The molecule has 1 aliphatic carbocycles. The Morgan fingerprint density at radius 2 is 1.58 bits per heavy atom. The molecule has 4 rings (SSSR count). The van der Waals surface area contributed by atoms with Crippen molar-refractivity contribution in [3.05, 3.63) is 84.1 Å². The molecule has 10 nitrogen and oxygen atoms in total. The fourth-order valence-corrected chi connectivity index (χ4v) is 6.38. The Morgan fingerprint density at radius 3 is 2.22 bits per heavy atom. The maximum Gasteiger partial charge on any atom is 0.407 e. The number of carbonyl (C=O) groups is 4. The number of carbonyl (C=O) groups excluding carboxylic acids is 4. The van der Waals surface area contributed by atoms with Gasteiger partial charge in [0, 0.05) is 24.3 Å². The van der Waals surface area contributed by atoms with Crippen molar-refractivity contribution in [3.8, 4) is 11.1 Å². The third-order valence-electron chi connectivity index (χ3n) is 6.63. The van der Waals surface area contributed by atoms with Crippen LogP contribution in [0.1, 0.15) is 50.7 Å². The number of hydrogen-bond donors (Lipinski definition) is 2. The van der Waals surface area contributed by atoms with E-state index >= 15 is 0 Å². The topological polar surface area (TPSA) is 133 Å². The van der Waals surface area contributed by atoms with Gasteiger partial charge in [-0.25, -0.2) is 14.6 Å². The van der Waals surface area contributed by atoms with Gasteiger partial charge in [0.2, 0.25) is 5.91 Å². The van der Waals surface area contributed by atoms with E-state index < -0.39 is 35.6 Å². The van der Waals surface area contributed by atoms with Crippen LogP contribution in [0.25, 0.3) is 11.1 Å². The van der Waals surface area contributed by atoms with Crippen LogP contribution in [0.2, 0.25) is 0 Å². The van der Waals surface area contributed by atoms with E-state index in [0.29, 0.717) is 5.75 Å². The highest BCUT2D eigenvalue weighted by Gasteiger charge is 2.31. The summed E-state index contributed by atoms with van der Waals surface area (Å²) in [6.07, 6.45) is 0.716. The second kappa shape index (κ2) is 16.3. The van der Waals surface area contributed by atoms with Crippen molar-refractivity contribution in [2.24, 2.45) is 0 Å². The maximum absolute atomic E-state index is 12.9. The molecule has 0 saturated carbocycles. The molecule has 0 spiro atoms. The van der Waals surface area contributed by atoms with Gasteiger partial charge in [0.15, 0.2) is 0 Å². The lowest BCUT2D eigenvalue weighted by Gasteiger charge is -2.24. The predicted octanol–water partition coefficient (Wildman–Crippen LogP) is 5.51. The summed E-state index contributed by atoms with van der Waals surface area (Å²) in [5, 5.41) is 5.92. The Balaban J connectivity index is 1.22. The van der Waals surface area contributed by atoms with Gasteiger partial charge in [-0.15, -0.1) is 0 Å². The molecule has 2 N–H and O–H groups in total. The Hall–Kier alpha value is -4.03. The lowest BCUT2D eigenvalue weighted by molar-refractivity contribution is -0.157. The first-order valence-corrected chi connectivity index (χ1v) is 16.9. The van der Waals surface area contributed by atoms with Crippen LogP contribution >= 0.6 is 21.6 Å². The number of hydrogen-bond acceptors (Lipinski definition) is 10. The maximum atomic E-state index is 12.9. The average molecular weight is 652 g/mol. The van der Waals surface area contributed by atoms with Gasteiger partial charge < -0.3 is 24.8 Å². The van der Waals surface area contributed by atoms with E-state index in [9.17, 15) is 19.2 Å². The molecule has 45 heavy (non-hydrogen) atoms. The van der Waals surface area contributed by atoms with E-state index in [4.69, 9.17) is 14.2 Å². The summed E-state index contributed by atoms with van der Waals surface area (Å²) in [6.45, 7) is 5.08. The number of alkyl carbamates (subject to hydrolysis) is 1. The van der Waals surface area contributed by atoms with Crippen LogP contribution in [0.5, 0.6) is 0 Å². The van der Waals surface area contributed by atoms with Gasteiger partial charge in [-0.3, -0.25) is 9.59 Å². The summed E-state index contributed by atoms with van der Waals surface area (Å²) in [5.74, 6) is -1.33. The number of amides is 2. The Morgan fingerprint density at radius 1 is 0.911 bits per heavy atom. The Bertz CT molecular complexity index is 1430. The van der Waals surface area contributed by atoms with Crippen LogP contribution in [0.3, 0.4) is 0 Å². The molecule has 2 amide bonds. The zero-order chi connectivity index (χ0) is 32.2. The van der Waals surface area contributed by atoms with Crippen LogP contribution < -0.4 is 10.6 Å². The van der Waals surface area contributed by atoms with Gasteiger partial charge in [0.1, 0.15) is 36.4 Å². The minimum absolute atomic E-state index is 0.0542. The van der Waals surface area contributed by atoms with Crippen molar-refractivity contribution in [1.82, 2.24) is 15.6 Å². The van der Waals surface area contributed by atoms with Crippen molar-refractivity contribution >= 4 is 45.5 Å². The molecule has 0 fully saturated rings.